The van der Waals surface area contributed by atoms with Crippen LogP contribution >= 0.6 is 46.4 Å². The molecule has 1 rings (SSSR count). The summed E-state index contributed by atoms with van der Waals surface area (Å²) in [5.74, 6) is -1.43. The monoisotopic (exact) mass is 326 g/mol. The zero-order chi connectivity index (χ0) is 13.8. The molecule has 96 valence electrons. The largest absolute Gasteiger partial charge is 0.310 e. The summed E-state index contributed by atoms with van der Waals surface area (Å²) in [4.78, 5) is 25.7. The number of aliphatic imine (C=N–C) groups is 1. The second-order valence-corrected chi connectivity index (χ2v) is 5.65. The Bertz CT molecular complexity index is 482. The van der Waals surface area contributed by atoms with Gasteiger partial charge in [0, 0.05) is 0 Å². The van der Waals surface area contributed by atoms with E-state index in [1.807, 2.05) is 5.32 Å². The predicted molar refractivity (Wildman–Crippen MR) is 72.8 cm³/mol. The minimum absolute atomic E-state index is 0.308. The lowest BCUT2D eigenvalue weighted by Crippen LogP contribution is -2.41. The molecule has 0 atom stereocenters. The van der Waals surface area contributed by atoms with Crippen molar-refractivity contribution >= 4 is 69.1 Å². The van der Waals surface area contributed by atoms with Gasteiger partial charge in [-0.1, -0.05) is 53.0 Å². The van der Waals surface area contributed by atoms with E-state index >= 15 is 0 Å². The smallest absolute Gasteiger partial charge is 0.303 e. The van der Waals surface area contributed by atoms with Gasteiger partial charge in [0.1, 0.15) is 0 Å². The quantitative estimate of drug-likeness (QED) is 0.298. The first kappa shape index (κ1) is 15.2. The fraction of sp³-hybridized carbons (Fsp3) is 0.100. The molecule has 0 unspecified atom stereocenters. The van der Waals surface area contributed by atoms with Crippen molar-refractivity contribution in [3.63, 3.8) is 0 Å². The Labute approximate surface area is 123 Å². The molecule has 0 saturated heterocycles. The van der Waals surface area contributed by atoms with Crippen LogP contribution in [0, 0.1) is 0 Å². The van der Waals surface area contributed by atoms with Gasteiger partial charge in [-0.2, -0.15) is 0 Å². The Balaban J connectivity index is 3.04. The van der Waals surface area contributed by atoms with E-state index in [4.69, 9.17) is 46.4 Å². The minimum atomic E-state index is -1.99. The topological polar surface area (TPSA) is 58.5 Å². The highest BCUT2D eigenvalue weighted by molar-refractivity contribution is 6.82. The number of carbonyl (C=O) groups is 2. The molecule has 0 aliphatic rings. The molecule has 1 amide bonds. The molecule has 1 N–H and O–H groups in total. The molecule has 0 radical (unpaired) electrons. The van der Waals surface area contributed by atoms with E-state index in [2.05, 4.69) is 4.99 Å². The van der Waals surface area contributed by atoms with Gasteiger partial charge in [0.05, 0.1) is 5.69 Å². The van der Waals surface area contributed by atoms with Gasteiger partial charge in [0.25, 0.3) is 0 Å². The Kier molecular flexibility index (Phi) is 5.41. The number of rotatable bonds is 2. The molecular formula is C10H6Cl4N2O2. The number of para-hydroxylation sites is 1. The van der Waals surface area contributed by atoms with Crippen molar-refractivity contribution in [3.05, 3.63) is 30.3 Å². The van der Waals surface area contributed by atoms with Crippen molar-refractivity contribution in [1.29, 1.82) is 0 Å². The molecule has 0 aromatic heterocycles. The average Bonchev–Trinajstić information content (AvgIpc) is 2.28. The van der Waals surface area contributed by atoms with Crippen molar-refractivity contribution in [2.45, 2.75) is 3.79 Å². The first-order valence-electron chi connectivity index (χ1n) is 4.52. The van der Waals surface area contributed by atoms with E-state index in [1.165, 1.54) is 0 Å². The van der Waals surface area contributed by atoms with Crippen LogP contribution in [0.25, 0.3) is 0 Å². The molecule has 8 heteroatoms. The van der Waals surface area contributed by atoms with Crippen LogP contribution in [0.3, 0.4) is 0 Å². The maximum Gasteiger partial charge on any atom is 0.310 e. The minimum Gasteiger partial charge on any atom is -0.303 e. The molecule has 0 fully saturated rings. The van der Waals surface area contributed by atoms with Crippen LogP contribution in [0.15, 0.2) is 35.3 Å². The third kappa shape index (κ3) is 4.82. The Morgan fingerprint density at radius 1 is 1.11 bits per heavy atom. The number of halogens is 4. The standard InChI is InChI=1S/C10H6Cl4N2O2/c11-7(17)8(18)16-9(10(12,13)14)15-6-4-2-1-3-5-6/h1-5H,(H,15,16,18). The number of carbonyl (C=O) groups excluding carboxylic acids is 2. The molecule has 0 aliphatic carbocycles. The summed E-state index contributed by atoms with van der Waals surface area (Å²) in [6.07, 6.45) is 0. The summed E-state index contributed by atoms with van der Waals surface area (Å²) < 4.78 is -1.99. The summed E-state index contributed by atoms with van der Waals surface area (Å²) in [6, 6.07) is 8.46. The molecule has 4 nitrogen and oxygen atoms in total. The van der Waals surface area contributed by atoms with Crippen molar-refractivity contribution < 1.29 is 9.59 Å². The summed E-state index contributed by atoms with van der Waals surface area (Å²) in [7, 11) is 0. The number of hydrogen-bond donors (Lipinski definition) is 1. The highest BCUT2D eigenvalue weighted by atomic mass is 35.6. The third-order valence-corrected chi connectivity index (χ3v) is 2.38. The molecule has 1 aromatic rings. The zero-order valence-electron chi connectivity index (χ0n) is 8.66. The highest BCUT2D eigenvalue weighted by Crippen LogP contribution is 2.28. The third-order valence-electron chi connectivity index (χ3n) is 1.68. The SMILES string of the molecule is O=C(Cl)C(=O)NC(=Nc1ccccc1)C(Cl)(Cl)Cl. The maximum absolute atomic E-state index is 11.1. The molecule has 0 bridgehead atoms. The van der Waals surface area contributed by atoms with Crippen LogP contribution < -0.4 is 5.32 Å². The summed E-state index contributed by atoms with van der Waals surface area (Å²) in [5.41, 5.74) is 0.446. The average molecular weight is 328 g/mol. The number of benzene rings is 1. The number of alkyl halides is 3. The molecule has 0 saturated carbocycles. The van der Waals surface area contributed by atoms with Crippen molar-refractivity contribution in [2.75, 3.05) is 0 Å². The molecule has 0 heterocycles. The maximum atomic E-state index is 11.1. The van der Waals surface area contributed by atoms with Crippen LogP contribution in [0.5, 0.6) is 0 Å². The summed E-state index contributed by atoms with van der Waals surface area (Å²) in [5, 5.41) is 0.807. The first-order valence-corrected chi connectivity index (χ1v) is 6.03. The van der Waals surface area contributed by atoms with E-state index in [1.54, 1.807) is 30.3 Å². The van der Waals surface area contributed by atoms with Crippen molar-refractivity contribution in [3.8, 4) is 0 Å². The lowest BCUT2D eigenvalue weighted by Gasteiger charge is -2.14. The lowest BCUT2D eigenvalue weighted by molar-refractivity contribution is -0.132. The first-order chi connectivity index (χ1) is 8.30. The number of hydrogen-bond acceptors (Lipinski definition) is 3. The van der Waals surface area contributed by atoms with Crippen molar-refractivity contribution in [2.24, 2.45) is 4.99 Å². The molecular weight excluding hydrogens is 322 g/mol. The fourth-order valence-electron chi connectivity index (χ4n) is 0.951. The normalized spacial score (nSPS) is 12.1. The summed E-state index contributed by atoms with van der Waals surface area (Å²) in [6.45, 7) is 0. The predicted octanol–water partition coefficient (Wildman–Crippen LogP) is 2.97. The number of nitrogens with zero attached hydrogens (tertiary/aromatic N) is 1. The number of amidine groups is 1. The van der Waals surface area contributed by atoms with Gasteiger partial charge in [0.15, 0.2) is 5.84 Å². The van der Waals surface area contributed by atoms with Gasteiger partial charge in [-0.3, -0.25) is 9.59 Å². The van der Waals surface area contributed by atoms with Gasteiger partial charge in [-0.25, -0.2) is 4.99 Å². The fourth-order valence-corrected chi connectivity index (χ4v) is 1.27. The highest BCUT2D eigenvalue weighted by Gasteiger charge is 2.31. The van der Waals surface area contributed by atoms with Gasteiger partial charge in [0.2, 0.25) is 3.79 Å². The van der Waals surface area contributed by atoms with E-state index in [0.29, 0.717) is 5.69 Å². The zero-order valence-corrected chi connectivity index (χ0v) is 11.7. The van der Waals surface area contributed by atoms with Gasteiger partial charge in [-0.15, -0.1) is 0 Å². The van der Waals surface area contributed by atoms with Crippen molar-refractivity contribution in [1.82, 2.24) is 5.32 Å². The van der Waals surface area contributed by atoms with Crippen LogP contribution in [0.2, 0.25) is 0 Å². The second-order valence-electron chi connectivity index (χ2n) is 3.02. The van der Waals surface area contributed by atoms with Crippen LogP contribution in [0.4, 0.5) is 5.69 Å². The van der Waals surface area contributed by atoms with E-state index in [9.17, 15) is 9.59 Å². The Morgan fingerprint density at radius 3 is 2.11 bits per heavy atom. The second kappa shape index (κ2) is 6.38. The van der Waals surface area contributed by atoms with Gasteiger partial charge < -0.3 is 5.32 Å². The Morgan fingerprint density at radius 2 is 1.67 bits per heavy atom. The molecule has 1 aromatic carbocycles. The van der Waals surface area contributed by atoms with Crippen LogP contribution in [0.1, 0.15) is 0 Å². The van der Waals surface area contributed by atoms with E-state index in [0.717, 1.165) is 0 Å². The van der Waals surface area contributed by atoms with E-state index < -0.39 is 14.9 Å². The number of amides is 1. The van der Waals surface area contributed by atoms with Crippen LogP contribution in [-0.2, 0) is 9.59 Å². The molecule has 0 spiro atoms. The van der Waals surface area contributed by atoms with Gasteiger partial charge in [-0.05, 0) is 23.7 Å². The van der Waals surface area contributed by atoms with Crippen LogP contribution in [-0.4, -0.2) is 20.8 Å². The molecule has 0 aliphatic heterocycles. The van der Waals surface area contributed by atoms with E-state index in [-0.39, 0.29) is 5.84 Å². The number of nitrogens with one attached hydrogen (secondary N) is 1. The lowest BCUT2D eigenvalue weighted by atomic mass is 10.3. The Hall–Kier alpha value is -0.810. The van der Waals surface area contributed by atoms with Gasteiger partial charge >= 0.3 is 11.1 Å². The summed E-state index contributed by atoms with van der Waals surface area (Å²) >= 11 is 21.9. The molecule has 18 heavy (non-hydrogen) atoms.